The van der Waals surface area contributed by atoms with Crippen molar-refractivity contribution in [1.82, 2.24) is 14.5 Å². The molecule has 0 saturated carbocycles. The minimum Gasteiger partial charge on any atom is -0.356 e. The van der Waals surface area contributed by atoms with Crippen LogP contribution in [0, 0.1) is 6.92 Å². The monoisotopic (exact) mass is 289 g/mol. The number of aliphatic hydroxyl groups is 1. The van der Waals surface area contributed by atoms with Gasteiger partial charge in [0.2, 0.25) is 6.41 Å². The number of hydrogen-bond donors (Lipinski definition) is 1. The highest BCUT2D eigenvalue weighted by atomic mass is 16.6. The van der Waals surface area contributed by atoms with Crippen LogP contribution in [0.3, 0.4) is 0 Å². The number of hydrogen-bond acceptors (Lipinski definition) is 4. The lowest BCUT2D eigenvalue weighted by atomic mass is 10.0. The summed E-state index contributed by atoms with van der Waals surface area (Å²) in [6.45, 7) is 6.19. The van der Waals surface area contributed by atoms with E-state index in [9.17, 15) is 5.11 Å². The highest BCUT2D eigenvalue weighted by Gasteiger charge is 2.26. The van der Waals surface area contributed by atoms with Gasteiger partial charge in [-0.05, 0) is 38.8 Å². The van der Waals surface area contributed by atoms with Crippen molar-refractivity contribution in [1.29, 1.82) is 0 Å². The van der Waals surface area contributed by atoms with Gasteiger partial charge < -0.3 is 14.4 Å². The fourth-order valence-electron chi connectivity index (χ4n) is 3.25. The second-order valence-corrected chi connectivity index (χ2v) is 5.57. The van der Waals surface area contributed by atoms with Crippen LogP contribution in [0.25, 0.3) is 11.0 Å². The number of benzene rings is 1. The summed E-state index contributed by atoms with van der Waals surface area (Å²) in [5, 5.41) is 9.90. The maximum atomic E-state index is 9.90. The lowest BCUT2D eigenvalue weighted by molar-refractivity contribution is -0.196. The average Bonchev–Trinajstić information content (AvgIpc) is 2.83. The van der Waals surface area contributed by atoms with Crippen molar-refractivity contribution in [3.05, 3.63) is 30.1 Å². The van der Waals surface area contributed by atoms with Crippen molar-refractivity contribution in [2.45, 2.75) is 39.1 Å². The summed E-state index contributed by atoms with van der Waals surface area (Å²) in [7, 11) is 0. The number of ether oxygens (including phenoxy) is 1. The topological polar surface area (TPSA) is 50.5 Å². The summed E-state index contributed by atoms with van der Waals surface area (Å²) in [6, 6.07) is 8.74. The molecular formula is C16H23N3O2. The molecular weight excluding hydrogens is 266 g/mol. The molecule has 0 bridgehead atoms. The van der Waals surface area contributed by atoms with E-state index in [1.165, 1.54) is 5.52 Å². The summed E-state index contributed by atoms with van der Waals surface area (Å²) in [5.74, 6) is 1.07. The number of rotatable bonds is 4. The van der Waals surface area contributed by atoms with Crippen LogP contribution in [0.1, 0.15) is 31.6 Å². The maximum Gasteiger partial charge on any atom is 0.216 e. The molecule has 0 radical (unpaired) electrons. The lowest BCUT2D eigenvalue weighted by Crippen LogP contribution is -2.43. The number of para-hydroxylation sites is 2. The van der Waals surface area contributed by atoms with E-state index >= 15 is 0 Å². The van der Waals surface area contributed by atoms with Gasteiger partial charge in [0, 0.05) is 25.7 Å². The summed E-state index contributed by atoms with van der Waals surface area (Å²) in [4.78, 5) is 6.64. The Morgan fingerprint density at radius 3 is 2.76 bits per heavy atom. The Morgan fingerprint density at radius 1 is 1.33 bits per heavy atom. The van der Waals surface area contributed by atoms with Gasteiger partial charge in [-0.2, -0.15) is 0 Å². The van der Waals surface area contributed by atoms with Gasteiger partial charge in [0.15, 0.2) is 0 Å². The second-order valence-electron chi connectivity index (χ2n) is 5.57. The van der Waals surface area contributed by atoms with E-state index in [0.29, 0.717) is 12.6 Å². The Balaban J connectivity index is 1.75. The van der Waals surface area contributed by atoms with E-state index in [1.807, 2.05) is 17.9 Å². The van der Waals surface area contributed by atoms with E-state index in [-0.39, 0.29) is 0 Å². The zero-order valence-corrected chi connectivity index (χ0v) is 12.7. The number of likely N-dealkylation sites (tertiary alicyclic amines) is 1. The van der Waals surface area contributed by atoms with Crippen molar-refractivity contribution in [2.75, 3.05) is 19.7 Å². The zero-order chi connectivity index (χ0) is 14.8. The molecule has 3 rings (SSSR count). The molecule has 5 nitrogen and oxygen atoms in total. The van der Waals surface area contributed by atoms with Gasteiger partial charge in [0.05, 0.1) is 11.0 Å². The normalized spacial score (nSPS) is 19.2. The van der Waals surface area contributed by atoms with Crippen LogP contribution < -0.4 is 0 Å². The third-order valence-corrected chi connectivity index (χ3v) is 4.26. The van der Waals surface area contributed by atoms with E-state index < -0.39 is 6.41 Å². The molecule has 0 aliphatic carbocycles. The smallest absolute Gasteiger partial charge is 0.216 e. The van der Waals surface area contributed by atoms with Gasteiger partial charge in [-0.3, -0.25) is 4.90 Å². The highest BCUT2D eigenvalue weighted by molar-refractivity contribution is 5.76. The summed E-state index contributed by atoms with van der Waals surface area (Å²) in [6.07, 6.45) is 1.24. The van der Waals surface area contributed by atoms with Crippen LogP contribution in [0.2, 0.25) is 0 Å². The van der Waals surface area contributed by atoms with Crippen LogP contribution >= 0.6 is 0 Å². The van der Waals surface area contributed by atoms with Gasteiger partial charge in [-0.1, -0.05) is 12.1 Å². The first kappa shape index (κ1) is 14.5. The predicted molar refractivity (Wildman–Crippen MR) is 81.9 cm³/mol. The zero-order valence-electron chi connectivity index (χ0n) is 12.7. The molecule has 1 saturated heterocycles. The minimum absolute atomic E-state index is 0.447. The van der Waals surface area contributed by atoms with Crippen molar-refractivity contribution < 1.29 is 9.84 Å². The quantitative estimate of drug-likeness (QED) is 0.877. The summed E-state index contributed by atoms with van der Waals surface area (Å²) < 4.78 is 7.61. The molecule has 1 aromatic heterocycles. The van der Waals surface area contributed by atoms with Gasteiger partial charge in [0.1, 0.15) is 5.82 Å². The molecule has 2 aromatic rings. The number of aliphatic hydroxyl groups excluding tert-OH is 1. The summed E-state index contributed by atoms with van der Waals surface area (Å²) in [5.41, 5.74) is 2.27. The molecule has 2 heterocycles. The molecule has 1 aliphatic heterocycles. The molecule has 21 heavy (non-hydrogen) atoms. The van der Waals surface area contributed by atoms with Crippen LogP contribution in [0.4, 0.5) is 0 Å². The van der Waals surface area contributed by atoms with Crippen LogP contribution in [-0.2, 0) is 4.74 Å². The molecule has 0 amide bonds. The minimum atomic E-state index is -0.767. The Bertz CT molecular complexity index is 603. The van der Waals surface area contributed by atoms with Crippen LogP contribution in [0.15, 0.2) is 24.3 Å². The third kappa shape index (κ3) is 2.81. The lowest BCUT2D eigenvalue weighted by Gasteiger charge is -2.35. The van der Waals surface area contributed by atoms with Crippen molar-refractivity contribution >= 4 is 11.0 Å². The predicted octanol–water partition coefficient (Wildman–Crippen LogP) is 2.29. The first-order valence-corrected chi connectivity index (χ1v) is 7.68. The van der Waals surface area contributed by atoms with Gasteiger partial charge in [-0.15, -0.1) is 0 Å². The van der Waals surface area contributed by atoms with E-state index in [1.54, 1.807) is 0 Å². The Kier molecular flexibility index (Phi) is 4.24. The molecule has 1 aromatic carbocycles. The van der Waals surface area contributed by atoms with Crippen LogP contribution in [0.5, 0.6) is 0 Å². The van der Waals surface area contributed by atoms with E-state index in [2.05, 4.69) is 34.7 Å². The van der Waals surface area contributed by atoms with Crippen LogP contribution in [-0.4, -0.2) is 45.7 Å². The molecule has 1 fully saturated rings. The molecule has 1 atom stereocenters. The molecule has 5 heteroatoms. The Hall–Kier alpha value is -1.43. The van der Waals surface area contributed by atoms with E-state index in [0.717, 1.165) is 37.3 Å². The SMILES string of the molecule is CCOC(O)N1CCC(n2c(C)nc3ccccc32)CC1. The number of imidazole rings is 1. The third-order valence-electron chi connectivity index (χ3n) is 4.26. The van der Waals surface area contributed by atoms with Gasteiger partial charge in [-0.25, -0.2) is 4.98 Å². The number of aromatic nitrogens is 2. The standard InChI is InChI=1S/C16H23N3O2/c1-3-21-16(20)18-10-8-13(9-11-18)19-12(2)17-14-6-4-5-7-15(14)19/h4-7,13,16,20H,3,8-11H2,1-2H3. The molecule has 1 N–H and O–H groups in total. The van der Waals surface area contributed by atoms with Gasteiger partial charge >= 0.3 is 0 Å². The molecule has 0 spiro atoms. The number of fused-ring (bicyclic) bond motifs is 1. The largest absolute Gasteiger partial charge is 0.356 e. The van der Waals surface area contributed by atoms with Crippen molar-refractivity contribution in [3.8, 4) is 0 Å². The molecule has 1 aliphatic rings. The van der Waals surface area contributed by atoms with E-state index in [4.69, 9.17) is 4.74 Å². The Labute approximate surface area is 125 Å². The second kappa shape index (κ2) is 6.13. The number of piperidine rings is 1. The molecule has 1 unspecified atom stereocenters. The number of aryl methyl sites for hydroxylation is 1. The van der Waals surface area contributed by atoms with Crippen molar-refractivity contribution in [3.63, 3.8) is 0 Å². The first-order chi connectivity index (χ1) is 10.2. The average molecular weight is 289 g/mol. The Morgan fingerprint density at radius 2 is 2.05 bits per heavy atom. The first-order valence-electron chi connectivity index (χ1n) is 7.68. The number of nitrogens with zero attached hydrogens (tertiary/aromatic N) is 3. The fraction of sp³-hybridized carbons (Fsp3) is 0.562. The highest BCUT2D eigenvalue weighted by Crippen LogP contribution is 2.29. The van der Waals surface area contributed by atoms with Gasteiger partial charge in [0.25, 0.3) is 0 Å². The summed E-state index contributed by atoms with van der Waals surface area (Å²) >= 11 is 0. The van der Waals surface area contributed by atoms with Crippen molar-refractivity contribution in [2.24, 2.45) is 0 Å². The fourth-order valence-corrected chi connectivity index (χ4v) is 3.25. The maximum absolute atomic E-state index is 9.90. The molecule has 114 valence electrons.